The van der Waals surface area contributed by atoms with Crippen LogP contribution in [-0.4, -0.2) is 59.1 Å². The molecule has 2 saturated heterocycles. The van der Waals surface area contributed by atoms with Crippen LogP contribution in [0.25, 0.3) is 0 Å². The van der Waals surface area contributed by atoms with Gasteiger partial charge in [0.25, 0.3) is 0 Å². The third-order valence-corrected chi connectivity index (χ3v) is 4.81. The highest BCUT2D eigenvalue weighted by atomic mass is 16.5. The van der Waals surface area contributed by atoms with Crippen molar-refractivity contribution in [2.24, 2.45) is 5.41 Å². The van der Waals surface area contributed by atoms with E-state index in [4.69, 9.17) is 4.52 Å². The molecule has 0 aliphatic carbocycles. The van der Waals surface area contributed by atoms with Crippen molar-refractivity contribution in [1.82, 2.24) is 25.3 Å². The molecule has 7 nitrogen and oxygen atoms in total. The second-order valence-corrected chi connectivity index (χ2v) is 8.17. The van der Waals surface area contributed by atoms with Crippen LogP contribution in [0, 0.1) is 5.41 Å². The molecule has 2 fully saturated rings. The second-order valence-electron chi connectivity index (χ2n) is 8.17. The molecule has 7 heteroatoms. The van der Waals surface area contributed by atoms with E-state index in [1.807, 2.05) is 4.90 Å². The Bertz CT molecular complexity index is 580. The van der Waals surface area contributed by atoms with Gasteiger partial charge in [-0.15, -0.1) is 0 Å². The fourth-order valence-electron chi connectivity index (χ4n) is 3.49. The van der Waals surface area contributed by atoms with E-state index in [0.717, 1.165) is 44.8 Å². The van der Waals surface area contributed by atoms with Gasteiger partial charge in [-0.05, 0) is 25.3 Å². The molecule has 0 spiro atoms. The van der Waals surface area contributed by atoms with Gasteiger partial charge in [0.1, 0.15) is 6.04 Å². The van der Waals surface area contributed by atoms with Crippen molar-refractivity contribution >= 4 is 5.91 Å². The number of likely N-dealkylation sites (tertiary alicyclic amines) is 1. The Labute approximate surface area is 143 Å². The lowest BCUT2D eigenvalue weighted by atomic mass is 9.91. The molecule has 2 aliphatic heterocycles. The molecule has 2 atom stereocenters. The molecule has 2 unspecified atom stereocenters. The summed E-state index contributed by atoms with van der Waals surface area (Å²) in [7, 11) is 2.08. The highest BCUT2D eigenvalue weighted by molar-refractivity contribution is 5.77. The average Bonchev–Trinajstić information content (AvgIpc) is 3.14. The number of carbonyl (C=O) groups is 1. The lowest BCUT2D eigenvalue weighted by molar-refractivity contribution is -0.134. The van der Waals surface area contributed by atoms with Crippen LogP contribution in [0.3, 0.4) is 0 Å². The summed E-state index contributed by atoms with van der Waals surface area (Å²) in [6.45, 7) is 9.82. The first-order valence-corrected chi connectivity index (χ1v) is 8.89. The van der Waals surface area contributed by atoms with Crippen LogP contribution in [0.4, 0.5) is 0 Å². The predicted molar refractivity (Wildman–Crippen MR) is 90.3 cm³/mol. The van der Waals surface area contributed by atoms with Gasteiger partial charge in [0.15, 0.2) is 5.82 Å². The maximum atomic E-state index is 12.6. The van der Waals surface area contributed by atoms with E-state index in [9.17, 15) is 4.79 Å². The van der Waals surface area contributed by atoms with Gasteiger partial charge in [0.05, 0.1) is 6.04 Å². The van der Waals surface area contributed by atoms with E-state index in [1.165, 1.54) is 0 Å². The second kappa shape index (κ2) is 6.80. The van der Waals surface area contributed by atoms with E-state index >= 15 is 0 Å². The van der Waals surface area contributed by atoms with Gasteiger partial charge in [-0.1, -0.05) is 25.9 Å². The summed E-state index contributed by atoms with van der Waals surface area (Å²) in [6, 6.07) is 0.0688. The molecule has 1 aromatic rings. The van der Waals surface area contributed by atoms with Crippen molar-refractivity contribution < 1.29 is 9.32 Å². The molecule has 0 bridgehead atoms. The number of likely N-dealkylation sites (N-methyl/N-ethyl adjacent to an activating group) is 1. The number of amides is 1. The molecule has 1 N–H and O–H groups in total. The lowest BCUT2D eigenvalue weighted by Crippen LogP contribution is -2.44. The molecule has 3 rings (SSSR count). The van der Waals surface area contributed by atoms with Gasteiger partial charge in [0.2, 0.25) is 11.8 Å². The van der Waals surface area contributed by atoms with Crippen molar-refractivity contribution in [3.63, 3.8) is 0 Å². The standard InChI is InChI=1S/C17H29N5O2/c1-17(2,3)10-14(23)22-8-5-6-12(22)16-19-15(20-24-16)13-11-18-7-9-21(13)4/h12-13,18H,5-11H2,1-4H3. The third kappa shape index (κ3) is 3.78. The van der Waals surface area contributed by atoms with Crippen molar-refractivity contribution in [3.05, 3.63) is 11.7 Å². The van der Waals surface area contributed by atoms with E-state index in [1.54, 1.807) is 0 Å². The van der Waals surface area contributed by atoms with E-state index in [2.05, 4.69) is 48.2 Å². The maximum Gasteiger partial charge on any atom is 0.249 e. The molecule has 0 saturated carbocycles. The Morgan fingerprint density at radius 1 is 1.33 bits per heavy atom. The Morgan fingerprint density at radius 2 is 2.12 bits per heavy atom. The van der Waals surface area contributed by atoms with Crippen LogP contribution in [0.1, 0.15) is 63.8 Å². The van der Waals surface area contributed by atoms with Crippen molar-refractivity contribution in [2.75, 3.05) is 33.2 Å². The number of aromatic nitrogens is 2. The average molecular weight is 335 g/mol. The number of nitrogens with zero attached hydrogens (tertiary/aromatic N) is 4. The summed E-state index contributed by atoms with van der Waals surface area (Å²) in [5.41, 5.74) is -0.0132. The minimum atomic E-state index is -0.0667. The minimum Gasteiger partial charge on any atom is -0.337 e. The summed E-state index contributed by atoms with van der Waals surface area (Å²) in [5.74, 6) is 1.49. The minimum absolute atomic E-state index is 0.0132. The fourth-order valence-corrected chi connectivity index (χ4v) is 3.49. The highest BCUT2D eigenvalue weighted by Crippen LogP contribution is 2.34. The largest absolute Gasteiger partial charge is 0.337 e. The van der Waals surface area contributed by atoms with Crippen LogP contribution in [0.5, 0.6) is 0 Å². The number of hydrogen-bond acceptors (Lipinski definition) is 6. The topological polar surface area (TPSA) is 74.5 Å². The summed E-state index contributed by atoms with van der Waals surface area (Å²) in [5, 5.41) is 7.56. The van der Waals surface area contributed by atoms with E-state index < -0.39 is 0 Å². The number of nitrogens with one attached hydrogen (secondary N) is 1. The molecule has 24 heavy (non-hydrogen) atoms. The summed E-state index contributed by atoms with van der Waals surface area (Å²) >= 11 is 0. The first-order chi connectivity index (χ1) is 11.3. The SMILES string of the molecule is CN1CCNCC1c1noc(C2CCCN2C(=O)CC(C)(C)C)n1. The Morgan fingerprint density at radius 3 is 2.83 bits per heavy atom. The van der Waals surface area contributed by atoms with Crippen LogP contribution in [0.2, 0.25) is 0 Å². The van der Waals surface area contributed by atoms with Gasteiger partial charge in [-0.25, -0.2) is 0 Å². The molecule has 0 aromatic carbocycles. The predicted octanol–water partition coefficient (Wildman–Crippen LogP) is 1.75. The summed E-state index contributed by atoms with van der Waals surface area (Å²) < 4.78 is 5.55. The maximum absolute atomic E-state index is 12.6. The quantitative estimate of drug-likeness (QED) is 0.907. The molecule has 0 radical (unpaired) electrons. The number of carbonyl (C=O) groups excluding carboxylic acids is 1. The molecule has 134 valence electrons. The Hall–Kier alpha value is -1.47. The smallest absolute Gasteiger partial charge is 0.249 e. The van der Waals surface area contributed by atoms with Crippen molar-refractivity contribution in [2.45, 2.75) is 52.1 Å². The summed E-state index contributed by atoms with van der Waals surface area (Å²) in [4.78, 5) is 21.4. The van der Waals surface area contributed by atoms with Gasteiger partial charge >= 0.3 is 0 Å². The van der Waals surface area contributed by atoms with Crippen LogP contribution in [-0.2, 0) is 4.79 Å². The van der Waals surface area contributed by atoms with Crippen LogP contribution in [0.15, 0.2) is 4.52 Å². The molecule has 3 heterocycles. The molecule has 1 amide bonds. The molecule has 1 aromatic heterocycles. The van der Waals surface area contributed by atoms with Crippen LogP contribution < -0.4 is 5.32 Å². The Kier molecular flexibility index (Phi) is 4.92. The molecule has 2 aliphatic rings. The van der Waals surface area contributed by atoms with Crippen LogP contribution >= 0.6 is 0 Å². The number of rotatable bonds is 3. The zero-order valence-electron chi connectivity index (χ0n) is 15.2. The van der Waals surface area contributed by atoms with Gasteiger partial charge in [-0.3, -0.25) is 9.69 Å². The number of hydrogen-bond donors (Lipinski definition) is 1. The van der Waals surface area contributed by atoms with E-state index in [0.29, 0.717) is 12.3 Å². The monoisotopic (exact) mass is 335 g/mol. The lowest BCUT2D eigenvalue weighted by Gasteiger charge is -2.30. The zero-order valence-corrected chi connectivity index (χ0v) is 15.2. The highest BCUT2D eigenvalue weighted by Gasteiger charge is 2.36. The Balaban J connectivity index is 1.72. The first-order valence-electron chi connectivity index (χ1n) is 8.89. The zero-order chi connectivity index (χ0) is 17.3. The van der Waals surface area contributed by atoms with E-state index in [-0.39, 0.29) is 23.4 Å². The summed E-state index contributed by atoms with van der Waals surface area (Å²) in [6.07, 6.45) is 2.43. The molecular formula is C17H29N5O2. The van der Waals surface area contributed by atoms with Crippen molar-refractivity contribution in [1.29, 1.82) is 0 Å². The third-order valence-electron chi connectivity index (χ3n) is 4.81. The van der Waals surface area contributed by atoms with Gasteiger partial charge in [-0.2, -0.15) is 4.98 Å². The van der Waals surface area contributed by atoms with Crippen molar-refractivity contribution in [3.8, 4) is 0 Å². The van der Waals surface area contributed by atoms with Gasteiger partial charge < -0.3 is 14.7 Å². The fraction of sp³-hybridized carbons (Fsp3) is 0.824. The van der Waals surface area contributed by atoms with Gasteiger partial charge in [0, 0.05) is 32.6 Å². The normalized spacial score (nSPS) is 26.1. The first kappa shape index (κ1) is 17.4. The molecular weight excluding hydrogens is 306 g/mol. The number of piperazine rings is 1.